The van der Waals surface area contributed by atoms with Crippen molar-refractivity contribution in [2.45, 2.75) is 0 Å². The number of hydrogen-bond donors (Lipinski definition) is 2. The van der Waals surface area contributed by atoms with E-state index in [9.17, 15) is 9.90 Å². The number of rotatable bonds is 5. The van der Waals surface area contributed by atoms with Gasteiger partial charge in [0.25, 0.3) is 5.91 Å². The first kappa shape index (κ1) is 20.4. The number of fused-ring (bicyclic) bond motifs is 1. The summed E-state index contributed by atoms with van der Waals surface area (Å²) < 4.78 is 0.797. The van der Waals surface area contributed by atoms with Gasteiger partial charge in [0, 0.05) is 21.0 Å². The number of hydrogen-bond acceptors (Lipinski definition) is 5. The number of hydrazone groups is 1. The molecule has 0 heterocycles. The number of halogens is 1. The molecule has 0 atom stereocenters. The average molecular weight is 473 g/mol. The molecular weight excluding hydrogens is 456 g/mol. The van der Waals surface area contributed by atoms with E-state index in [1.165, 1.54) is 12.3 Å². The average Bonchev–Trinajstić information content (AvgIpc) is 2.79. The second-order valence-electron chi connectivity index (χ2n) is 6.65. The highest BCUT2D eigenvalue weighted by atomic mass is 79.9. The monoisotopic (exact) mass is 472 g/mol. The first-order chi connectivity index (χ1) is 15.1. The summed E-state index contributed by atoms with van der Waals surface area (Å²) in [4.78, 5) is 12.2. The van der Waals surface area contributed by atoms with Crippen LogP contribution >= 0.6 is 15.9 Å². The van der Waals surface area contributed by atoms with Gasteiger partial charge in [-0.3, -0.25) is 4.79 Å². The van der Waals surface area contributed by atoms with Crippen LogP contribution in [0.1, 0.15) is 15.9 Å². The summed E-state index contributed by atoms with van der Waals surface area (Å²) in [7, 11) is 0. The molecular formula is C24H17BrN4O2. The molecule has 0 radical (unpaired) electrons. The van der Waals surface area contributed by atoms with E-state index in [0.29, 0.717) is 16.8 Å². The molecule has 31 heavy (non-hydrogen) atoms. The van der Waals surface area contributed by atoms with Crippen molar-refractivity contribution < 1.29 is 9.90 Å². The maximum absolute atomic E-state index is 12.2. The summed E-state index contributed by atoms with van der Waals surface area (Å²) >= 11 is 3.33. The molecule has 0 unspecified atom stereocenters. The van der Waals surface area contributed by atoms with Crippen LogP contribution in [0.3, 0.4) is 0 Å². The molecule has 6 nitrogen and oxygen atoms in total. The molecule has 0 fully saturated rings. The molecule has 0 bridgehead atoms. The SMILES string of the molecule is O=C(NN=Cc1cc(N=Nc2cccc3ccccc23)ccc1O)c1cccc(Br)c1. The Morgan fingerprint density at radius 1 is 0.903 bits per heavy atom. The van der Waals surface area contributed by atoms with Crippen molar-refractivity contribution in [1.82, 2.24) is 5.43 Å². The van der Waals surface area contributed by atoms with Crippen LogP contribution in [-0.2, 0) is 0 Å². The Balaban J connectivity index is 1.51. The summed E-state index contributed by atoms with van der Waals surface area (Å²) in [5.74, 6) is -0.339. The third kappa shape index (κ3) is 5.02. The molecule has 2 N–H and O–H groups in total. The lowest BCUT2D eigenvalue weighted by Gasteiger charge is -2.03. The number of carbonyl (C=O) groups excluding carboxylic acids is 1. The van der Waals surface area contributed by atoms with Crippen LogP contribution < -0.4 is 5.43 Å². The fourth-order valence-electron chi connectivity index (χ4n) is 2.97. The molecule has 4 aromatic rings. The Hall–Kier alpha value is -3.84. The Labute approximate surface area is 187 Å². The molecule has 0 aliphatic heterocycles. The Bertz CT molecular complexity index is 1310. The number of aromatic hydroxyl groups is 1. The van der Waals surface area contributed by atoms with Crippen molar-refractivity contribution in [3.63, 3.8) is 0 Å². The molecule has 4 rings (SSSR count). The zero-order valence-corrected chi connectivity index (χ0v) is 17.8. The predicted octanol–water partition coefficient (Wildman–Crippen LogP) is 6.49. The normalized spacial score (nSPS) is 11.4. The number of nitrogens with one attached hydrogen (secondary N) is 1. The van der Waals surface area contributed by atoms with Crippen molar-refractivity contribution in [2.24, 2.45) is 15.3 Å². The molecule has 7 heteroatoms. The number of benzene rings is 4. The minimum absolute atomic E-state index is 0.0181. The quantitative estimate of drug-likeness (QED) is 0.197. The predicted molar refractivity (Wildman–Crippen MR) is 125 cm³/mol. The highest BCUT2D eigenvalue weighted by Gasteiger charge is 2.05. The van der Waals surface area contributed by atoms with Gasteiger partial charge in [-0.25, -0.2) is 5.43 Å². The maximum Gasteiger partial charge on any atom is 0.271 e. The van der Waals surface area contributed by atoms with Crippen LogP contribution in [0.25, 0.3) is 10.8 Å². The molecule has 1 amide bonds. The van der Waals surface area contributed by atoms with Crippen LogP contribution in [0, 0.1) is 0 Å². The van der Waals surface area contributed by atoms with Gasteiger partial charge in [0.05, 0.1) is 17.6 Å². The summed E-state index contributed by atoms with van der Waals surface area (Å²) in [5, 5.41) is 24.8. The molecule has 0 saturated heterocycles. The zero-order chi connectivity index (χ0) is 21.6. The van der Waals surface area contributed by atoms with Gasteiger partial charge in [0.2, 0.25) is 0 Å². The molecule has 0 aromatic heterocycles. The third-order valence-corrected chi connectivity index (χ3v) is 5.00. The summed E-state index contributed by atoms with van der Waals surface area (Å²) in [6, 6.07) is 25.6. The van der Waals surface area contributed by atoms with Crippen LogP contribution in [0.15, 0.2) is 105 Å². The highest BCUT2D eigenvalue weighted by molar-refractivity contribution is 9.10. The van der Waals surface area contributed by atoms with E-state index in [1.54, 1.807) is 30.3 Å². The Morgan fingerprint density at radius 3 is 2.58 bits per heavy atom. The van der Waals surface area contributed by atoms with E-state index in [-0.39, 0.29) is 11.7 Å². The van der Waals surface area contributed by atoms with E-state index in [2.05, 4.69) is 36.7 Å². The zero-order valence-electron chi connectivity index (χ0n) is 16.2. The van der Waals surface area contributed by atoms with Crippen LogP contribution in [0.5, 0.6) is 5.75 Å². The summed E-state index contributed by atoms with van der Waals surface area (Å²) in [6.45, 7) is 0. The number of carbonyl (C=O) groups is 1. The van der Waals surface area contributed by atoms with Gasteiger partial charge in [0.1, 0.15) is 5.75 Å². The number of azo groups is 1. The molecule has 0 spiro atoms. The van der Waals surface area contributed by atoms with Crippen molar-refractivity contribution in [3.8, 4) is 5.75 Å². The molecule has 0 aliphatic rings. The van der Waals surface area contributed by atoms with Crippen LogP contribution in [0.2, 0.25) is 0 Å². The molecule has 0 aliphatic carbocycles. The molecule has 152 valence electrons. The maximum atomic E-state index is 12.2. The van der Waals surface area contributed by atoms with E-state index in [4.69, 9.17) is 0 Å². The fourth-order valence-corrected chi connectivity index (χ4v) is 3.37. The fraction of sp³-hybridized carbons (Fsp3) is 0. The van der Waals surface area contributed by atoms with Crippen molar-refractivity contribution in [3.05, 3.63) is 101 Å². The first-order valence-electron chi connectivity index (χ1n) is 9.42. The number of phenols is 1. The van der Waals surface area contributed by atoms with Crippen LogP contribution in [-0.4, -0.2) is 17.2 Å². The van der Waals surface area contributed by atoms with Gasteiger partial charge in [-0.1, -0.05) is 58.4 Å². The van der Waals surface area contributed by atoms with E-state index >= 15 is 0 Å². The van der Waals surface area contributed by atoms with E-state index in [1.807, 2.05) is 48.5 Å². The second-order valence-corrected chi connectivity index (χ2v) is 7.57. The number of nitrogens with zero attached hydrogens (tertiary/aromatic N) is 3. The lowest BCUT2D eigenvalue weighted by Crippen LogP contribution is -2.17. The van der Waals surface area contributed by atoms with Crippen molar-refractivity contribution in [2.75, 3.05) is 0 Å². The third-order valence-electron chi connectivity index (χ3n) is 4.51. The number of phenolic OH excluding ortho intramolecular Hbond substituents is 1. The largest absolute Gasteiger partial charge is 0.507 e. The van der Waals surface area contributed by atoms with Gasteiger partial charge in [0.15, 0.2) is 0 Å². The topological polar surface area (TPSA) is 86.4 Å². The Kier molecular flexibility index (Phi) is 6.14. The summed E-state index contributed by atoms with van der Waals surface area (Å²) in [5.41, 5.74) is 4.62. The van der Waals surface area contributed by atoms with Crippen LogP contribution in [0.4, 0.5) is 11.4 Å². The Morgan fingerprint density at radius 2 is 1.71 bits per heavy atom. The smallest absolute Gasteiger partial charge is 0.271 e. The first-order valence-corrected chi connectivity index (χ1v) is 10.2. The second kappa shape index (κ2) is 9.32. The molecule has 0 saturated carbocycles. The highest BCUT2D eigenvalue weighted by Crippen LogP contribution is 2.28. The minimum atomic E-state index is -0.358. The summed E-state index contributed by atoms with van der Waals surface area (Å²) in [6.07, 6.45) is 1.36. The van der Waals surface area contributed by atoms with Crippen molar-refractivity contribution >= 4 is 50.2 Å². The van der Waals surface area contributed by atoms with Gasteiger partial charge in [-0.2, -0.15) is 10.2 Å². The van der Waals surface area contributed by atoms with Gasteiger partial charge in [-0.15, -0.1) is 5.11 Å². The van der Waals surface area contributed by atoms with E-state index in [0.717, 1.165) is 20.9 Å². The standard InChI is InChI=1S/C24H17BrN4O2/c25-19-8-3-7-17(13-19)24(31)29-26-15-18-14-20(11-12-23(18)30)27-28-22-10-4-6-16-5-1-2-9-21(16)22/h1-15,30H,(H,29,31). The lowest BCUT2D eigenvalue weighted by molar-refractivity contribution is 0.0955. The van der Waals surface area contributed by atoms with Gasteiger partial charge < -0.3 is 5.11 Å². The number of amides is 1. The van der Waals surface area contributed by atoms with Crippen molar-refractivity contribution in [1.29, 1.82) is 0 Å². The minimum Gasteiger partial charge on any atom is -0.507 e. The van der Waals surface area contributed by atoms with E-state index < -0.39 is 0 Å². The molecule has 4 aromatic carbocycles. The lowest BCUT2D eigenvalue weighted by atomic mass is 10.1. The van der Waals surface area contributed by atoms with Gasteiger partial charge in [-0.05, 0) is 47.9 Å². The van der Waals surface area contributed by atoms with Gasteiger partial charge >= 0.3 is 0 Å².